The second-order valence-electron chi connectivity index (χ2n) is 21.8. The molecule has 0 aromatic heterocycles. The lowest BCUT2D eigenvalue weighted by Crippen LogP contribution is -2.45. The molecule has 0 rings (SSSR count). The predicted molar refractivity (Wildman–Crippen MR) is 304 cm³/mol. The maximum absolute atomic E-state index is 12.5. The van der Waals surface area contributed by atoms with Crippen LogP contribution in [0.3, 0.4) is 0 Å². The van der Waals surface area contributed by atoms with Crippen LogP contribution in [0.15, 0.2) is 24.3 Å². The molecule has 4 nitrogen and oxygen atoms in total. The highest BCUT2D eigenvalue weighted by Gasteiger charge is 2.18. The first-order chi connectivity index (χ1) is 33.7. The molecule has 1 amide bonds. The van der Waals surface area contributed by atoms with E-state index in [0.29, 0.717) is 6.42 Å². The highest BCUT2D eigenvalue weighted by molar-refractivity contribution is 5.76. The van der Waals surface area contributed by atoms with Crippen molar-refractivity contribution in [3.63, 3.8) is 0 Å². The van der Waals surface area contributed by atoms with E-state index in [0.717, 1.165) is 25.7 Å². The summed E-state index contributed by atoms with van der Waals surface area (Å²) in [6.07, 6.45) is 81.0. The van der Waals surface area contributed by atoms with E-state index in [1.54, 1.807) is 6.08 Å². The monoisotopic (exact) mass is 956 g/mol. The maximum atomic E-state index is 12.5. The first kappa shape index (κ1) is 66.9. The van der Waals surface area contributed by atoms with Crippen molar-refractivity contribution in [2.24, 2.45) is 0 Å². The van der Waals surface area contributed by atoms with Gasteiger partial charge in [-0.05, 0) is 44.9 Å². The van der Waals surface area contributed by atoms with Crippen molar-refractivity contribution < 1.29 is 15.0 Å². The summed E-state index contributed by atoms with van der Waals surface area (Å²) < 4.78 is 0. The Morgan fingerprint density at radius 2 is 0.559 bits per heavy atom. The molecule has 0 heterocycles. The van der Waals surface area contributed by atoms with Crippen molar-refractivity contribution in [3.05, 3.63) is 24.3 Å². The van der Waals surface area contributed by atoms with Crippen molar-refractivity contribution >= 4 is 5.91 Å². The van der Waals surface area contributed by atoms with Crippen molar-refractivity contribution in [2.75, 3.05) is 6.61 Å². The number of carbonyl (C=O) groups is 1. The van der Waals surface area contributed by atoms with Crippen LogP contribution in [0.25, 0.3) is 0 Å². The van der Waals surface area contributed by atoms with Gasteiger partial charge < -0.3 is 15.5 Å². The zero-order valence-electron chi connectivity index (χ0n) is 46.7. The molecule has 0 fully saturated rings. The topological polar surface area (TPSA) is 69.6 Å². The maximum Gasteiger partial charge on any atom is 0.220 e. The van der Waals surface area contributed by atoms with Crippen molar-refractivity contribution in [1.29, 1.82) is 0 Å². The van der Waals surface area contributed by atoms with E-state index in [-0.39, 0.29) is 12.5 Å². The van der Waals surface area contributed by atoms with Gasteiger partial charge in [0.2, 0.25) is 5.91 Å². The van der Waals surface area contributed by atoms with Crippen LogP contribution >= 0.6 is 0 Å². The molecule has 3 N–H and O–H groups in total. The van der Waals surface area contributed by atoms with Crippen molar-refractivity contribution in [1.82, 2.24) is 5.32 Å². The fourth-order valence-corrected chi connectivity index (χ4v) is 10.1. The second-order valence-corrected chi connectivity index (χ2v) is 21.8. The summed E-state index contributed by atoms with van der Waals surface area (Å²) >= 11 is 0. The largest absolute Gasteiger partial charge is 0.394 e. The Bertz CT molecular complexity index is 994. The molecule has 4 heteroatoms. The molecular formula is C64H125NO3. The number of hydrogen-bond acceptors (Lipinski definition) is 3. The molecule has 404 valence electrons. The van der Waals surface area contributed by atoms with E-state index in [4.69, 9.17) is 0 Å². The molecule has 0 aliphatic carbocycles. The fourth-order valence-electron chi connectivity index (χ4n) is 10.1. The van der Waals surface area contributed by atoms with Gasteiger partial charge in [0.1, 0.15) is 0 Å². The van der Waals surface area contributed by atoms with E-state index < -0.39 is 12.1 Å². The molecule has 0 radical (unpaired) electrons. The minimum atomic E-state index is -0.837. The van der Waals surface area contributed by atoms with Crippen LogP contribution in [0.2, 0.25) is 0 Å². The SMILES string of the molecule is CCCCCCCCCCCCCCCCC/C=C/C(O)C(CO)NC(=O)CCCCCCCCCCCCCCCCCCC/C=C\CCCCCCCCCCCCCCCCCCCC. The third-order valence-electron chi connectivity index (χ3n) is 14.9. The number of unbranched alkanes of at least 4 members (excludes halogenated alkanes) is 50. The second kappa shape index (κ2) is 60.2. The predicted octanol–water partition coefficient (Wildman–Crippen LogP) is 21.0. The molecule has 2 unspecified atom stereocenters. The van der Waals surface area contributed by atoms with Crippen LogP contribution in [-0.4, -0.2) is 34.9 Å². The Labute approximate surface area is 428 Å². The summed E-state index contributed by atoms with van der Waals surface area (Å²) in [7, 11) is 0. The van der Waals surface area contributed by atoms with Gasteiger partial charge in [-0.3, -0.25) is 4.79 Å². The van der Waals surface area contributed by atoms with Gasteiger partial charge in [0, 0.05) is 6.42 Å². The summed E-state index contributed by atoms with van der Waals surface area (Å²) in [6.45, 7) is 4.35. The zero-order chi connectivity index (χ0) is 49.2. The highest BCUT2D eigenvalue weighted by Crippen LogP contribution is 2.18. The lowest BCUT2D eigenvalue weighted by molar-refractivity contribution is -0.123. The Morgan fingerprint density at radius 3 is 0.809 bits per heavy atom. The Kier molecular flexibility index (Phi) is 59.2. The summed E-state index contributed by atoms with van der Waals surface area (Å²) in [5.74, 6) is -0.0573. The standard InChI is InChI=1S/C64H125NO3/c1-3-5-7-9-11-13-15-17-19-21-22-23-24-25-26-27-28-29-30-31-32-33-34-35-36-37-38-39-40-41-42-44-46-48-50-52-54-56-58-60-64(68)65-62(61-66)63(67)59-57-55-53-51-49-47-45-43-20-18-16-14-12-10-8-6-4-2/h31-32,57,59,62-63,66-67H,3-30,33-56,58,60-61H2,1-2H3,(H,65,68)/b32-31-,59-57+. The summed E-state index contributed by atoms with van der Waals surface area (Å²) in [5, 5.41) is 23.2. The molecule has 68 heavy (non-hydrogen) atoms. The Balaban J connectivity index is 3.38. The fraction of sp³-hybridized carbons (Fsp3) is 0.922. The third-order valence-corrected chi connectivity index (χ3v) is 14.9. The van der Waals surface area contributed by atoms with E-state index in [2.05, 4.69) is 31.3 Å². The summed E-state index contributed by atoms with van der Waals surface area (Å²) in [5.41, 5.74) is 0. The molecular weight excluding hydrogens is 831 g/mol. The minimum absolute atomic E-state index is 0.0573. The van der Waals surface area contributed by atoms with Gasteiger partial charge in [-0.2, -0.15) is 0 Å². The van der Waals surface area contributed by atoms with Gasteiger partial charge in [0.05, 0.1) is 18.8 Å². The molecule has 0 bridgehead atoms. The van der Waals surface area contributed by atoms with Gasteiger partial charge in [-0.25, -0.2) is 0 Å². The van der Waals surface area contributed by atoms with E-state index >= 15 is 0 Å². The smallest absolute Gasteiger partial charge is 0.220 e. The van der Waals surface area contributed by atoms with Gasteiger partial charge in [-0.15, -0.1) is 0 Å². The number of hydrogen-bond donors (Lipinski definition) is 3. The van der Waals surface area contributed by atoms with E-state index in [9.17, 15) is 15.0 Å². The average molecular weight is 957 g/mol. The number of aliphatic hydroxyl groups excluding tert-OH is 2. The molecule has 0 aliphatic heterocycles. The minimum Gasteiger partial charge on any atom is -0.394 e. The van der Waals surface area contributed by atoms with Gasteiger partial charge >= 0.3 is 0 Å². The number of rotatable bonds is 59. The van der Waals surface area contributed by atoms with Crippen LogP contribution < -0.4 is 5.32 Å². The average Bonchev–Trinajstić information content (AvgIpc) is 3.34. The highest BCUT2D eigenvalue weighted by atomic mass is 16.3. The van der Waals surface area contributed by atoms with Crippen LogP contribution in [0.1, 0.15) is 361 Å². The van der Waals surface area contributed by atoms with Crippen LogP contribution in [-0.2, 0) is 4.79 Å². The number of allylic oxidation sites excluding steroid dienone is 3. The molecule has 0 aromatic carbocycles. The normalized spacial score (nSPS) is 12.8. The van der Waals surface area contributed by atoms with Gasteiger partial charge in [0.25, 0.3) is 0 Å². The molecule has 0 aromatic rings. The third kappa shape index (κ3) is 55.8. The molecule has 0 aliphatic rings. The first-order valence-electron chi connectivity index (χ1n) is 31.6. The first-order valence-corrected chi connectivity index (χ1v) is 31.6. The molecule has 0 saturated carbocycles. The molecule has 0 spiro atoms. The summed E-state index contributed by atoms with van der Waals surface area (Å²) in [4.78, 5) is 12.5. The number of amides is 1. The zero-order valence-corrected chi connectivity index (χ0v) is 46.7. The van der Waals surface area contributed by atoms with Gasteiger partial charge in [0.15, 0.2) is 0 Å². The summed E-state index contributed by atoms with van der Waals surface area (Å²) in [6, 6.07) is -0.620. The van der Waals surface area contributed by atoms with E-state index in [1.807, 2.05) is 6.08 Å². The number of aliphatic hydroxyl groups is 2. The number of carbonyl (C=O) groups excluding carboxylic acids is 1. The van der Waals surface area contributed by atoms with Crippen LogP contribution in [0.5, 0.6) is 0 Å². The van der Waals surface area contributed by atoms with Gasteiger partial charge in [-0.1, -0.05) is 334 Å². The van der Waals surface area contributed by atoms with Crippen molar-refractivity contribution in [2.45, 2.75) is 373 Å². The van der Waals surface area contributed by atoms with Crippen molar-refractivity contribution in [3.8, 4) is 0 Å². The van der Waals surface area contributed by atoms with E-state index in [1.165, 1.54) is 315 Å². The number of nitrogens with one attached hydrogen (secondary N) is 1. The Morgan fingerprint density at radius 1 is 0.338 bits per heavy atom. The van der Waals surface area contributed by atoms with Crippen LogP contribution in [0, 0.1) is 0 Å². The quantitative estimate of drug-likeness (QED) is 0.0420. The Hall–Kier alpha value is -1.13. The molecule has 2 atom stereocenters. The lowest BCUT2D eigenvalue weighted by Gasteiger charge is -2.20. The van der Waals surface area contributed by atoms with Crippen LogP contribution in [0.4, 0.5) is 0 Å². The lowest BCUT2D eigenvalue weighted by atomic mass is 10.0. The molecule has 0 saturated heterocycles.